The van der Waals surface area contributed by atoms with E-state index in [0.29, 0.717) is 29.4 Å². The van der Waals surface area contributed by atoms with Crippen molar-refractivity contribution in [3.8, 4) is 11.5 Å². The number of Topliss-reactive ketones (excluding diaryl/α,β-unsaturated/α-hetero) is 1. The molecule has 4 aromatic rings. The predicted octanol–water partition coefficient (Wildman–Crippen LogP) is 5.85. The molecule has 8 heteroatoms. The lowest BCUT2D eigenvalue weighted by atomic mass is 9.94. The first-order valence-corrected chi connectivity index (χ1v) is 11.8. The Morgan fingerprint density at radius 2 is 1.78 bits per heavy atom. The standard InChI is InChI=1S/C28H23ClN2O5/c1-3-36-17-10-8-16(9-11-17)31-25(21-15-30-23-7-5-4-6-19(21)23)24(27(33)28(31)34)26(32)20-14-18(35-2)12-13-22(20)29/h4-15,25,30,32H,3H2,1-2H3/b26-24+. The van der Waals surface area contributed by atoms with Crippen LogP contribution in [0, 0.1) is 0 Å². The number of hydrogen-bond acceptors (Lipinski definition) is 5. The highest BCUT2D eigenvalue weighted by Crippen LogP contribution is 2.45. The number of para-hydroxylation sites is 1. The molecular formula is C28H23ClN2O5. The molecule has 0 spiro atoms. The van der Waals surface area contributed by atoms with E-state index >= 15 is 0 Å². The van der Waals surface area contributed by atoms with E-state index < -0.39 is 17.7 Å². The van der Waals surface area contributed by atoms with Crippen LogP contribution in [0.3, 0.4) is 0 Å². The molecule has 7 nitrogen and oxygen atoms in total. The average Bonchev–Trinajstić information content (AvgIpc) is 3.43. The minimum atomic E-state index is -0.902. The van der Waals surface area contributed by atoms with Crippen LogP contribution >= 0.6 is 11.6 Å². The molecule has 36 heavy (non-hydrogen) atoms. The van der Waals surface area contributed by atoms with Crippen molar-refractivity contribution in [2.45, 2.75) is 13.0 Å². The molecule has 0 bridgehead atoms. The van der Waals surface area contributed by atoms with Crippen molar-refractivity contribution in [3.63, 3.8) is 0 Å². The first-order valence-electron chi connectivity index (χ1n) is 11.4. The van der Waals surface area contributed by atoms with Gasteiger partial charge in [0.25, 0.3) is 11.7 Å². The summed E-state index contributed by atoms with van der Waals surface area (Å²) in [6.45, 7) is 2.38. The summed E-state index contributed by atoms with van der Waals surface area (Å²) in [7, 11) is 1.49. The number of anilines is 1. The number of aliphatic hydroxyl groups excluding tert-OH is 1. The molecule has 0 aliphatic carbocycles. The Morgan fingerprint density at radius 3 is 2.50 bits per heavy atom. The Labute approximate surface area is 212 Å². The first kappa shape index (κ1) is 23.5. The number of nitrogens with zero attached hydrogens (tertiary/aromatic N) is 1. The van der Waals surface area contributed by atoms with Crippen molar-refractivity contribution in [3.05, 3.63) is 94.6 Å². The van der Waals surface area contributed by atoms with Crippen molar-refractivity contribution in [2.24, 2.45) is 0 Å². The average molecular weight is 503 g/mol. The van der Waals surface area contributed by atoms with E-state index in [9.17, 15) is 14.7 Å². The number of aromatic amines is 1. The number of fused-ring (bicyclic) bond motifs is 1. The molecule has 182 valence electrons. The van der Waals surface area contributed by atoms with Gasteiger partial charge in [-0.05, 0) is 55.5 Å². The highest BCUT2D eigenvalue weighted by molar-refractivity contribution is 6.52. The van der Waals surface area contributed by atoms with Crippen LogP contribution in [-0.2, 0) is 9.59 Å². The number of ketones is 1. The van der Waals surface area contributed by atoms with Crippen molar-refractivity contribution in [1.82, 2.24) is 4.98 Å². The second-order valence-electron chi connectivity index (χ2n) is 8.23. The number of nitrogens with one attached hydrogen (secondary N) is 1. The van der Waals surface area contributed by atoms with Crippen LogP contribution in [0.4, 0.5) is 5.69 Å². The third kappa shape index (κ3) is 3.87. The number of hydrogen-bond donors (Lipinski definition) is 2. The van der Waals surface area contributed by atoms with Gasteiger partial charge < -0.3 is 19.6 Å². The summed E-state index contributed by atoms with van der Waals surface area (Å²) in [4.78, 5) is 31.5. The van der Waals surface area contributed by atoms with E-state index in [2.05, 4.69) is 4.98 Å². The maximum Gasteiger partial charge on any atom is 0.300 e. The molecule has 5 rings (SSSR count). The van der Waals surface area contributed by atoms with E-state index in [0.717, 1.165) is 10.9 Å². The topological polar surface area (TPSA) is 91.9 Å². The summed E-state index contributed by atoms with van der Waals surface area (Å²) in [5.41, 5.74) is 2.13. The van der Waals surface area contributed by atoms with Gasteiger partial charge in [0, 0.05) is 33.9 Å². The van der Waals surface area contributed by atoms with Gasteiger partial charge in [-0.1, -0.05) is 29.8 Å². The number of halogens is 1. The molecule has 0 radical (unpaired) electrons. The van der Waals surface area contributed by atoms with E-state index in [1.54, 1.807) is 42.6 Å². The summed E-state index contributed by atoms with van der Waals surface area (Å²) in [5, 5.41) is 12.5. The van der Waals surface area contributed by atoms with Crippen molar-refractivity contribution >= 4 is 45.6 Å². The Morgan fingerprint density at radius 1 is 1.06 bits per heavy atom. The first-order chi connectivity index (χ1) is 17.4. The number of aliphatic hydroxyl groups is 1. The molecule has 1 atom stereocenters. The normalized spacial score (nSPS) is 17.1. The highest BCUT2D eigenvalue weighted by atomic mass is 35.5. The highest BCUT2D eigenvalue weighted by Gasteiger charge is 2.48. The van der Waals surface area contributed by atoms with Crippen LogP contribution in [0.1, 0.15) is 24.1 Å². The molecular weight excluding hydrogens is 480 g/mol. The molecule has 1 saturated heterocycles. The second kappa shape index (κ2) is 9.43. The molecule has 1 aromatic heterocycles. The Hall–Kier alpha value is -4.23. The third-order valence-corrected chi connectivity index (χ3v) is 6.54. The Bertz CT molecular complexity index is 1510. The zero-order chi connectivity index (χ0) is 25.4. The van der Waals surface area contributed by atoms with Gasteiger partial charge in [-0.2, -0.15) is 0 Å². The van der Waals surface area contributed by atoms with Crippen LogP contribution in [0.15, 0.2) is 78.5 Å². The lowest BCUT2D eigenvalue weighted by Crippen LogP contribution is -2.29. The van der Waals surface area contributed by atoms with Gasteiger partial charge in [0.1, 0.15) is 17.3 Å². The number of carbonyl (C=O) groups excluding carboxylic acids is 2. The number of carbonyl (C=O) groups is 2. The van der Waals surface area contributed by atoms with E-state index in [1.807, 2.05) is 31.2 Å². The summed E-state index contributed by atoms with van der Waals surface area (Å²) in [6.07, 6.45) is 1.75. The molecule has 2 heterocycles. The minimum absolute atomic E-state index is 0.0613. The second-order valence-corrected chi connectivity index (χ2v) is 8.64. The Kier molecular flexibility index (Phi) is 6.16. The largest absolute Gasteiger partial charge is 0.507 e. The number of ether oxygens (including phenoxy) is 2. The fourth-order valence-corrected chi connectivity index (χ4v) is 4.75. The third-order valence-electron chi connectivity index (χ3n) is 6.21. The van der Waals surface area contributed by atoms with Gasteiger partial charge >= 0.3 is 0 Å². The van der Waals surface area contributed by atoms with E-state index in [4.69, 9.17) is 21.1 Å². The summed E-state index contributed by atoms with van der Waals surface area (Å²) >= 11 is 6.40. The van der Waals surface area contributed by atoms with Gasteiger partial charge in [-0.3, -0.25) is 14.5 Å². The fraction of sp³-hybridized carbons (Fsp3) is 0.143. The molecule has 1 fully saturated rings. The maximum atomic E-state index is 13.5. The number of methoxy groups -OCH3 is 1. The van der Waals surface area contributed by atoms with Crippen LogP contribution in [0.25, 0.3) is 16.7 Å². The summed E-state index contributed by atoms with van der Waals surface area (Å²) in [5.74, 6) is -0.846. The van der Waals surface area contributed by atoms with E-state index in [1.165, 1.54) is 18.1 Å². The van der Waals surface area contributed by atoms with Crippen LogP contribution in [0.2, 0.25) is 5.02 Å². The Balaban J connectivity index is 1.75. The smallest absolute Gasteiger partial charge is 0.300 e. The molecule has 1 aliphatic heterocycles. The quantitative estimate of drug-likeness (QED) is 0.196. The van der Waals surface area contributed by atoms with Gasteiger partial charge in [0.2, 0.25) is 0 Å². The lowest BCUT2D eigenvalue weighted by molar-refractivity contribution is -0.132. The lowest BCUT2D eigenvalue weighted by Gasteiger charge is -2.25. The predicted molar refractivity (Wildman–Crippen MR) is 139 cm³/mol. The van der Waals surface area contributed by atoms with Gasteiger partial charge in [0.05, 0.1) is 30.4 Å². The molecule has 3 aromatic carbocycles. The van der Waals surface area contributed by atoms with Crippen LogP contribution in [-0.4, -0.2) is 35.5 Å². The number of rotatable bonds is 6. The number of amides is 1. The van der Waals surface area contributed by atoms with Crippen LogP contribution < -0.4 is 14.4 Å². The van der Waals surface area contributed by atoms with E-state index in [-0.39, 0.29) is 21.9 Å². The number of benzene rings is 3. The van der Waals surface area contributed by atoms with Crippen molar-refractivity contribution in [1.29, 1.82) is 0 Å². The summed E-state index contributed by atoms with van der Waals surface area (Å²) < 4.78 is 10.8. The molecule has 1 amide bonds. The molecule has 1 aliphatic rings. The monoisotopic (exact) mass is 502 g/mol. The van der Waals surface area contributed by atoms with Crippen LogP contribution in [0.5, 0.6) is 11.5 Å². The number of aromatic nitrogens is 1. The summed E-state index contributed by atoms with van der Waals surface area (Å²) in [6, 6.07) is 18.3. The SMILES string of the molecule is CCOc1ccc(N2C(=O)C(=O)/C(=C(/O)c3cc(OC)ccc3Cl)C2c2c[nH]c3ccccc23)cc1. The fourth-order valence-electron chi connectivity index (χ4n) is 4.54. The minimum Gasteiger partial charge on any atom is -0.507 e. The van der Waals surface area contributed by atoms with Crippen molar-refractivity contribution in [2.75, 3.05) is 18.6 Å². The molecule has 0 saturated carbocycles. The maximum absolute atomic E-state index is 13.5. The number of H-pyrrole nitrogens is 1. The molecule has 1 unspecified atom stereocenters. The van der Waals surface area contributed by atoms with Crippen molar-refractivity contribution < 1.29 is 24.2 Å². The van der Waals surface area contributed by atoms with Gasteiger partial charge in [-0.25, -0.2) is 0 Å². The molecule has 2 N–H and O–H groups in total. The zero-order valence-corrected chi connectivity index (χ0v) is 20.4. The zero-order valence-electron chi connectivity index (χ0n) is 19.6. The van der Waals surface area contributed by atoms with Gasteiger partial charge in [-0.15, -0.1) is 0 Å². The van der Waals surface area contributed by atoms with Gasteiger partial charge in [0.15, 0.2) is 0 Å².